The first-order valence-corrected chi connectivity index (χ1v) is 7.63. The fraction of sp³-hybridized carbons (Fsp3) is 0.125. The van der Waals surface area contributed by atoms with Crippen molar-refractivity contribution in [3.63, 3.8) is 0 Å². The molecule has 0 atom stereocenters. The van der Waals surface area contributed by atoms with Gasteiger partial charge in [-0.15, -0.1) is 0 Å². The van der Waals surface area contributed by atoms with E-state index in [1.807, 2.05) is 0 Å². The Kier molecular flexibility index (Phi) is 6.02. The fourth-order valence-electron chi connectivity index (χ4n) is 1.95. The molecule has 1 amide bonds. The number of carboxylic acids is 1. The molecule has 0 aromatic heterocycles. The van der Waals surface area contributed by atoms with Crippen LogP contribution in [0.25, 0.3) is 0 Å². The number of hydrogen-bond donors (Lipinski definition) is 1. The largest absolute Gasteiger partial charge is 0.481 e. The van der Waals surface area contributed by atoms with Gasteiger partial charge in [0.1, 0.15) is 22.9 Å². The number of carbonyl (C=O) groups is 2. The van der Waals surface area contributed by atoms with Gasteiger partial charge in [-0.25, -0.2) is 13.6 Å². The van der Waals surface area contributed by atoms with E-state index >= 15 is 0 Å². The van der Waals surface area contributed by atoms with Crippen molar-refractivity contribution in [2.24, 2.45) is 0 Å². The standard InChI is InChI=1S/C16H11BrF3NO4/c17-10-3-1-9(2-4-10)7-21(20)16(24)15-12(19)5-11(18)6-13(15)25-8-14(22)23/h1-6H,7-8H2,(H,22,23). The molecule has 0 radical (unpaired) electrons. The lowest BCUT2D eigenvalue weighted by Crippen LogP contribution is -2.25. The molecule has 0 heterocycles. The van der Waals surface area contributed by atoms with Gasteiger partial charge >= 0.3 is 5.97 Å². The van der Waals surface area contributed by atoms with Crippen LogP contribution in [0.5, 0.6) is 5.75 Å². The number of nitrogens with zero attached hydrogens (tertiary/aromatic N) is 1. The van der Waals surface area contributed by atoms with Gasteiger partial charge in [-0.3, -0.25) is 4.79 Å². The number of halogens is 4. The predicted octanol–water partition coefficient (Wildman–Crippen LogP) is 3.72. The van der Waals surface area contributed by atoms with E-state index in [1.165, 1.54) is 0 Å². The van der Waals surface area contributed by atoms with E-state index in [-0.39, 0.29) is 5.12 Å². The van der Waals surface area contributed by atoms with E-state index in [0.717, 1.165) is 4.47 Å². The quantitative estimate of drug-likeness (QED) is 0.727. The first kappa shape index (κ1) is 18.8. The molecule has 25 heavy (non-hydrogen) atoms. The number of rotatable bonds is 6. The van der Waals surface area contributed by atoms with Crippen molar-refractivity contribution in [1.29, 1.82) is 0 Å². The summed E-state index contributed by atoms with van der Waals surface area (Å²) in [6, 6.07) is 7.36. The summed E-state index contributed by atoms with van der Waals surface area (Å²) >= 11 is 3.21. The van der Waals surface area contributed by atoms with Gasteiger partial charge in [0.05, 0.1) is 6.54 Å². The highest BCUT2D eigenvalue weighted by Gasteiger charge is 2.26. The number of ether oxygens (including phenoxy) is 1. The van der Waals surface area contributed by atoms with Gasteiger partial charge in [-0.1, -0.05) is 32.5 Å². The van der Waals surface area contributed by atoms with Crippen molar-refractivity contribution in [1.82, 2.24) is 5.12 Å². The second-order valence-corrected chi connectivity index (χ2v) is 5.81. The van der Waals surface area contributed by atoms with E-state index in [2.05, 4.69) is 15.9 Å². The number of carboxylic acid groups (broad SMARTS) is 1. The fourth-order valence-corrected chi connectivity index (χ4v) is 2.22. The van der Waals surface area contributed by atoms with Crippen LogP contribution in [0.15, 0.2) is 40.9 Å². The molecule has 2 aromatic carbocycles. The second kappa shape index (κ2) is 8.02. The molecule has 0 spiro atoms. The van der Waals surface area contributed by atoms with E-state index in [4.69, 9.17) is 9.84 Å². The number of aliphatic carboxylic acids is 1. The highest BCUT2D eigenvalue weighted by atomic mass is 79.9. The van der Waals surface area contributed by atoms with Crippen LogP contribution in [-0.4, -0.2) is 28.7 Å². The average molecular weight is 418 g/mol. The number of benzene rings is 2. The summed E-state index contributed by atoms with van der Waals surface area (Å²) in [6.07, 6.45) is 0. The Morgan fingerprint density at radius 2 is 1.80 bits per heavy atom. The average Bonchev–Trinajstić information content (AvgIpc) is 2.54. The van der Waals surface area contributed by atoms with Crippen molar-refractivity contribution in [3.8, 4) is 5.75 Å². The summed E-state index contributed by atoms with van der Waals surface area (Å²) in [4.78, 5) is 22.7. The molecular weight excluding hydrogens is 407 g/mol. The summed E-state index contributed by atoms with van der Waals surface area (Å²) in [5.74, 6) is -5.98. The Bertz CT molecular complexity index is 799. The molecule has 0 saturated heterocycles. The molecule has 0 fully saturated rings. The molecule has 9 heteroatoms. The highest BCUT2D eigenvalue weighted by molar-refractivity contribution is 9.10. The van der Waals surface area contributed by atoms with Crippen molar-refractivity contribution < 1.29 is 32.7 Å². The Morgan fingerprint density at radius 3 is 2.40 bits per heavy atom. The number of carbonyl (C=O) groups excluding carboxylic acids is 1. The summed E-state index contributed by atoms with van der Waals surface area (Å²) in [7, 11) is 0. The van der Waals surface area contributed by atoms with Crippen LogP contribution in [0.2, 0.25) is 0 Å². The number of amides is 1. The maximum Gasteiger partial charge on any atom is 0.341 e. The van der Waals surface area contributed by atoms with E-state index in [1.54, 1.807) is 24.3 Å². The van der Waals surface area contributed by atoms with Crippen LogP contribution in [-0.2, 0) is 11.3 Å². The molecule has 0 unspecified atom stereocenters. The zero-order chi connectivity index (χ0) is 18.6. The molecule has 0 saturated carbocycles. The molecular formula is C16H11BrF3NO4. The third kappa shape index (κ3) is 4.96. The Labute approximate surface area is 148 Å². The van der Waals surface area contributed by atoms with Crippen molar-refractivity contribution in [3.05, 3.63) is 63.6 Å². The predicted molar refractivity (Wildman–Crippen MR) is 84.6 cm³/mol. The third-order valence-corrected chi connectivity index (χ3v) is 3.57. The highest BCUT2D eigenvalue weighted by Crippen LogP contribution is 2.26. The Morgan fingerprint density at radius 1 is 1.16 bits per heavy atom. The summed E-state index contributed by atoms with van der Waals surface area (Å²) < 4.78 is 46.9. The minimum Gasteiger partial charge on any atom is -0.481 e. The van der Waals surface area contributed by atoms with Gasteiger partial charge in [0.2, 0.25) is 0 Å². The smallest absolute Gasteiger partial charge is 0.341 e. The van der Waals surface area contributed by atoms with Gasteiger partial charge in [-0.05, 0) is 17.7 Å². The Hall–Kier alpha value is -2.55. The normalized spacial score (nSPS) is 10.4. The third-order valence-electron chi connectivity index (χ3n) is 3.04. The zero-order valence-electron chi connectivity index (χ0n) is 12.5. The van der Waals surface area contributed by atoms with Gasteiger partial charge in [0, 0.05) is 16.6 Å². The molecule has 5 nitrogen and oxygen atoms in total. The topological polar surface area (TPSA) is 66.8 Å². The molecule has 2 rings (SSSR count). The lowest BCUT2D eigenvalue weighted by molar-refractivity contribution is -0.139. The summed E-state index contributed by atoms with van der Waals surface area (Å²) in [6.45, 7) is -1.43. The van der Waals surface area contributed by atoms with E-state index in [9.17, 15) is 22.9 Å². The van der Waals surface area contributed by atoms with Gasteiger partial charge in [-0.2, -0.15) is 5.12 Å². The molecule has 0 aliphatic carbocycles. The molecule has 1 N–H and O–H groups in total. The maximum atomic E-state index is 14.2. The first-order chi connectivity index (χ1) is 11.8. The van der Waals surface area contributed by atoms with Crippen LogP contribution in [0.1, 0.15) is 15.9 Å². The monoisotopic (exact) mass is 417 g/mol. The van der Waals surface area contributed by atoms with Crippen molar-refractivity contribution in [2.75, 3.05) is 6.61 Å². The van der Waals surface area contributed by atoms with Crippen LogP contribution in [0.3, 0.4) is 0 Å². The molecule has 0 bridgehead atoms. The van der Waals surface area contributed by atoms with Crippen LogP contribution >= 0.6 is 15.9 Å². The zero-order valence-corrected chi connectivity index (χ0v) is 14.1. The molecule has 132 valence electrons. The lowest BCUT2D eigenvalue weighted by Gasteiger charge is -2.15. The van der Waals surface area contributed by atoms with E-state index in [0.29, 0.717) is 17.7 Å². The van der Waals surface area contributed by atoms with Gasteiger partial charge in [0.15, 0.2) is 6.61 Å². The van der Waals surface area contributed by atoms with Crippen molar-refractivity contribution in [2.45, 2.75) is 6.54 Å². The van der Waals surface area contributed by atoms with Gasteiger partial charge < -0.3 is 9.84 Å². The Balaban J connectivity index is 2.27. The van der Waals surface area contributed by atoms with Crippen LogP contribution in [0.4, 0.5) is 13.3 Å². The second-order valence-electron chi connectivity index (χ2n) is 4.90. The summed E-state index contributed by atoms with van der Waals surface area (Å²) in [5.41, 5.74) is -0.461. The maximum absolute atomic E-state index is 14.2. The van der Waals surface area contributed by atoms with E-state index < -0.39 is 48.0 Å². The summed E-state index contributed by atoms with van der Waals surface area (Å²) in [5, 5.41) is 8.31. The minimum absolute atomic E-state index is 0.271. The first-order valence-electron chi connectivity index (χ1n) is 6.83. The van der Waals surface area contributed by atoms with Crippen LogP contribution < -0.4 is 4.74 Å². The molecule has 0 aliphatic rings. The van der Waals surface area contributed by atoms with Crippen molar-refractivity contribution >= 4 is 27.8 Å². The SMILES string of the molecule is O=C(O)COc1cc(F)cc(F)c1C(=O)N(F)Cc1ccc(Br)cc1. The van der Waals surface area contributed by atoms with Crippen LogP contribution in [0, 0.1) is 11.6 Å². The number of hydrogen-bond acceptors (Lipinski definition) is 3. The van der Waals surface area contributed by atoms with Gasteiger partial charge in [0.25, 0.3) is 5.91 Å². The lowest BCUT2D eigenvalue weighted by atomic mass is 10.1. The molecule has 2 aromatic rings. The molecule has 0 aliphatic heterocycles. The minimum atomic E-state index is -1.42.